The van der Waals surface area contributed by atoms with Crippen molar-refractivity contribution >= 4 is 17.0 Å². The fourth-order valence-corrected chi connectivity index (χ4v) is 1.99. The summed E-state index contributed by atoms with van der Waals surface area (Å²) in [5, 5.41) is 7.04. The van der Waals surface area contributed by atoms with E-state index in [1.165, 1.54) is 12.1 Å². The van der Waals surface area contributed by atoms with Crippen LogP contribution in [0.1, 0.15) is 17.0 Å². The van der Waals surface area contributed by atoms with Gasteiger partial charge < -0.3 is 14.8 Å². The van der Waals surface area contributed by atoms with Gasteiger partial charge in [-0.25, -0.2) is 9.37 Å². The zero-order chi connectivity index (χ0) is 13.4. The van der Waals surface area contributed by atoms with Gasteiger partial charge in [-0.1, -0.05) is 5.16 Å². The predicted molar refractivity (Wildman–Crippen MR) is 69.4 cm³/mol. The summed E-state index contributed by atoms with van der Waals surface area (Å²) in [7, 11) is 0. The largest absolute Gasteiger partial charge is 0.361 e. The molecule has 0 aliphatic carbocycles. The van der Waals surface area contributed by atoms with E-state index in [-0.39, 0.29) is 5.82 Å². The number of rotatable bonds is 3. The first kappa shape index (κ1) is 11.7. The first-order valence-corrected chi connectivity index (χ1v) is 5.94. The number of aromatic nitrogens is 3. The molecule has 6 heteroatoms. The highest BCUT2D eigenvalue weighted by Crippen LogP contribution is 2.17. The standard InChI is InChI=1S/C13H13FN4O/c1-7-10(8(2)19-18-7)6-15-13-16-11-4-3-9(14)5-12(11)17-13/h3-5H,6H2,1-2H3,(H2,15,16,17). The second kappa shape index (κ2) is 4.38. The van der Waals surface area contributed by atoms with Crippen molar-refractivity contribution in [1.82, 2.24) is 15.1 Å². The Hall–Kier alpha value is -2.37. The quantitative estimate of drug-likeness (QED) is 0.759. The Bertz CT molecular complexity index is 712. The van der Waals surface area contributed by atoms with Gasteiger partial charge >= 0.3 is 0 Å². The molecule has 0 fully saturated rings. The fraction of sp³-hybridized carbons (Fsp3) is 0.231. The van der Waals surface area contributed by atoms with E-state index in [9.17, 15) is 4.39 Å². The van der Waals surface area contributed by atoms with E-state index in [1.807, 2.05) is 13.8 Å². The van der Waals surface area contributed by atoms with Crippen molar-refractivity contribution in [2.45, 2.75) is 20.4 Å². The molecule has 0 saturated heterocycles. The second-order valence-corrected chi connectivity index (χ2v) is 4.40. The summed E-state index contributed by atoms with van der Waals surface area (Å²) in [5.41, 5.74) is 3.25. The van der Waals surface area contributed by atoms with E-state index in [2.05, 4.69) is 20.4 Å². The molecule has 98 valence electrons. The van der Waals surface area contributed by atoms with E-state index in [4.69, 9.17) is 4.52 Å². The van der Waals surface area contributed by atoms with Crippen LogP contribution < -0.4 is 5.32 Å². The summed E-state index contributed by atoms with van der Waals surface area (Å²) in [4.78, 5) is 7.35. The molecule has 1 aromatic carbocycles. The average Bonchev–Trinajstić information content (AvgIpc) is 2.91. The first-order chi connectivity index (χ1) is 9.13. The van der Waals surface area contributed by atoms with Gasteiger partial charge in [0.15, 0.2) is 0 Å². The van der Waals surface area contributed by atoms with Crippen molar-refractivity contribution in [3.63, 3.8) is 0 Å². The van der Waals surface area contributed by atoms with Crippen molar-refractivity contribution in [3.05, 3.63) is 41.0 Å². The highest BCUT2D eigenvalue weighted by Gasteiger charge is 2.09. The molecule has 0 aliphatic heterocycles. The van der Waals surface area contributed by atoms with Gasteiger partial charge in [-0.05, 0) is 32.0 Å². The summed E-state index contributed by atoms with van der Waals surface area (Å²) in [6.07, 6.45) is 0. The molecule has 19 heavy (non-hydrogen) atoms. The highest BCUT2D eigenvalue weighted by molar-refractivity contribution is 5.77. The minimum Gasteiger partial charge on any atom is -0.361 e. The predicted octanol–water partition coefficient (Wildman–Crippen LogP) is 2.92. The molecule has 0 atom stereocenters. The molecule has 3 rings (SSSR count). The van der Waals surface area contributed by atoms with E-state index in [1.54, 1.807) is 6.07 Å². The number of fused-ring (bicyclic) bond motifs is 1. The first-order valence-electron chi connectivity index (χ1n) is 5.94. The van der Waals surface area contributed by atoms with Crippen molar-refractivity contribution in [2.75, 3.05) is 5.32 Å². The third kappa shape index (κ3) is 2.16. The third-order valence-corrected chi connectivity index (χ3v) is 3.06. The monoisotopic (exact) mass is 260 g/mol. The van der Waals surface area contributed by atoms with Crippen molar-refractivity contribution < 1.29 is 8.91 Å². The van der Waals surface area contributed by atoms with Gasteiger partial charge in [-0.3, -0.25) is 0 Å². The molecule has 5 nitrogen and oxygen atoms in total. The number of anilines is 1. The number of nitrogens with one attached hydrogen (secondary N) is 2. The normalized spacial score (nSPS) is 11.1. The molecule has 0 saturated carbocycles. The van der Waals surface area contributed by atoms with E-state index >= 15 is 0 Å². The minimum absolute atomic E-state index is 0.284. The third-order valence-electron chi connectivity index (χ3n) is 3.06. The molecule has 2 N–H and O–H groups in total. The summed E-state index contributed by atoms with van der Waals surface area (Å²) in [6, 6.07) is 4.45. The van der Waals surface area contributed by atoms with Crippen LogP contribution in [-0.2, 0) is 6.54 Å². The van der Waals surface area contributed by atoms with E-state index in [0.717, 1.165) is 22.5 Å². The van der Waals surface area contributed by atoms with E-state index in [0.29, 0.717) is 18.0 Å². The zero-order valence-electron chi connectivity index (χ0n) is 10.6. The maximum atomic E-state index is 13.1. The molecule has 3 aromatic rings. The number of nitrogens with zero attached hydrogens (tertiary/aromatic N) is 2. The van der Waals surface area contributed by atoms with Crippen LogP contribution in [0, 0.1) is 19.7 Å². The number of benzene rings is 1. The van der Waals surface area contributed by atoms with Gasteiger partial charge in [-0.2, -0.15) is 0 Å². The lowest BCUT2D eigenvalue weighted by Crippen LogP contribution is -2.02. The van der Waals surface area contributed by atoms with Crippen LogP contribution in [0.15, 0.2) is 22.7 Å². The number of halogens is 1. The molecule has 0 amide bonds. The maximum absolute atomic E-state index is 13.1. The topological polar surface area (TPSA) is 66.7 Å². The Morgan fingerprint density at radius 3 is 2.95 bits per heavy atom. The zero-order valence-corrected chi connectivity index (χ0v) is 10.6. The molecule has 0 spiro atoms. The molecule has 2 heterocycles. The van der Waals surface area contributed by atoms with Crippen molar-refractivity contribution in [3.8, 4) is 0 Å². The summed E-state index contributed by atoms with van der Waals surface area (Å²) >= 11 is 0. The van der Waals surface area contributed by atoms with Crippen LogP contribution >= 0.6 is 0 Å². The van der Waals surface area contributed by atoms with Gasteiger partial charge in [0.1, 0.15) is 11.6 Å². The molecular formula is C13H13FN4O. The lowest BCUT2D eigenvalue weighted by Gasteiger charge is -2.01. The number of H-pyrrole nitrogens is 1. The van der Waals surface area contributed by atoms with Gasteiger partial charge in [0.2, 0.25) is 5.95 Å². The van der Waals surface area contributed by atoms with E-state index < -0.39 is 0 Å². The van der Waals surface area contributed by atoms with Gasteiger partial charge in [-0.15, -0.1) is 0 Å². The van der Waals surface area contributed by atoms with Crippen LogP contribution in [0.2, 0.25) is 0 Å². The molecule has 0 aliphatic rings. The Morgan fingerprint density at radius 2 is 2.21 bits per heavy atom. The molecular weight excluding hydrogens is 247 g/mol. The average molecular weight is 260 g/mol. The fourth-order valence-electron chi connectivity index (χ4n) is 1.99. The Balaban J connectivity index is 1.82. The van der Waals surface area contributed by atoms with Crippen molar-refractivity contribution in [2.24, 2.45) is 0 Å². The number of aromatic amines is 1. The summed E-state index contributed by atoms with van der Waals surface area (Å²) in [6.45, 7) is 4.32. The molecule has 2 aromatic heterocycles. The van der Waals surface area contributed by atoms with Gasteiger partial charge in [0, 0.05) is 12.1 Å². The molecule has 0 radical (unpaired) electrons. The number of hydrogen-bond acceptors (Lipinski definition) is 4. The SMILES string of the molecule is Cc1noc(C)c1CNc1nc2ccc(F)cc2[nH]1. The molecule has 0 unspecified atom stereocenters. The van der Waals surface area contributed by atoms with Gasteiger partial charge in [0.05, 0.1) is 16.7 Å². The Labute approximate surface area is 108 Å². The van der Waals surface area contributed by atoms with Crippen LogP contribution in [0.4, 0.5) is 10.3 Å². The number of hydrogen-bond donors (Lipinski definition) is 2. The minimum atomic E-state index is -0.284. The number of aryl methyl sites for hydroxylation is 2. The lowest BCUT2D eigenvalue weighted by molar-refractivity contribution is 0.392. The lowest BCUT2D eigenvalue weighted by atomic mass is 10.2. The molecule has 0 bridgehead atoms. The summed E-state index contributed by atoms with van der Waals surface area (Å²) in [5.74, 6) is 1.10. The Kier molecular flexibility index (Phi) is 2.70. The second-order valence-electron chi connectivity index (χ2n) is 4.40. The van der Waals surface area contributed by atoms with Crippen LogP contribution in [0.5, 0.6) is 0 Å². The van der Waals surface area contributed by atoms with Crippen LogP contribution in [0.25, 0.3) is 11.0 Å². The van der Waals surface area contributed by atoms with Gasteiger partial charge in [0.25, 0.3) is 0 Å². The summed E-state index contributed by atoms with van der Waals surface area (Å²) < 4.78 is 18.2. The highest BCUT2D eigenvalue weighted by atomic mass is 19.1. The van der Waals surface area contributed by atoms with Crippen molar-refractivity contribution in [1.29, 1.82) is 0 Å². The maximum Gasteiger partial charge on any atom is 0.201 e. The van der Waals surface area contributed by atoms with Crippen LogP contribution in [-0.4, -0.2) is 15.1 Å². The van der Waals surface area contributed by atoms with Crippen LogP contribution in [0.3, 0.4) is 0 Å². The Morgan fingerprint density at radius 1 is 1.37 bits per heavy atom. The number of imidazole rings is 1. The smallest absolute Gasteiger partial charge is 0.201 e.